The average molecular weight is 226 g/mol. The monoisotopic (exact) mass is 226 g/mol. The van der Waals surface area contributed by atoms with Gasteiger partial charge in [0.2, 0.25) is 0 Å². The number of amides is 1. The number of carboxylic acid groups (broad SMARTS) is 1. The van der Waals surface area contributed by atoms with Gasteiger partial charge < -0.3 is 10.4 Å². The second-order valence-electron chi connectivity index (χ2n) is 2.76. The van der Waals surface area contributed by atoms with Crippen molar-refractivity contribution in [1.82, 2.24) is 10.3 Å². The van der Waals surface area contributed by atoms with E-state index in [2.05, 4.69) is 16.9 Å². The van der Waals surface area contributed by atoms with Gasteiger partial charge in [-0.1, -0.05) is 6.08 Å². The fraction of sp³-hybridized carbons (Fsp3) is 0.222. The van der Waals surface area contributed by atoms with Crippen LogP contribution in [0.5, 0.6) is 0 Å². The summed E-state index contributed by atoms with van der Waals surface area (Å²) in [4.78, 5) is 25.9. The summed E-state index contributed by atoms with van der Waals surface area (Å²) in [6, 6.07) is -0.948. The van der Waals surface area contributed by atoms with Crippen molar-refractivity contribution in [2.24, 2.45) is 0 Å². The van der Waals surface area contributed by atoms with E-state index in [-0.39, 0.29) is 12.1 Å². The number of nitrogens with zero attached hydrogens (tertiary/aromatic N) is 1. The Bertz CT molecular complexity index is 361. The van der Waals surface area contributed by atoms with Gasteiger partial charge in [-0.15, -0.1) is 17.9 Å². The lowest BCUT2D eigenvalue weighted by Crippen LogP contribution is -2.40. The van der Waals surface area contributed by atoms with E-state index in [0.29, 0.717) is 0 Å². The number of carboxylic acids is 1. The molecule has 1 heterocycles. The minimum absolute atomic E-state index is 0.186. The molecule has 0 radical (unpaired) electrons. The Morgan fingerprint density at radius 1 is 1.73 bits per heavy atom. The Morgan fingerprint density at radius 3 is 2.93 bits per heavy atom. The van der Waals surface area contributed by atoms with Gasteiger partial charge in [-0.3, -0.25) is 4.79 Å². The van der Waals surface area contributed by atoms with Crippen molar-refractivity contribution < 1.29 is 14.7 Å². The maximum Gasteiger partial charge on any atom is 0.326 e. The molecule has 15 heavy (non-hydrogen) atoms. The van der Waals surface area contributed by atoms with Gasteiger partial charge in [0.05, 0.1) is 5.51 Å². The van der Waals surface area contributed by atoms with Crippen LogP contribution in [0.3, 0.4) is 0 Å². The van der Waals surface area contributed by atoms with Crippen molar-refractivity contribution in [2.45, 2.75) is 12.5 Å². The number of rotatable bonds is 5. The second kappa shape index (κ2) is 5.26. The predicted octanol–water partition coefficient (Wildman–Crippen LogP) is 0.902. The number of nitrogens with one attached hydrogen (secondary N) is 1. The van der Waals surface area contributed by atoms with E-state index in [0.717, 1.165) is 0 Å². The van der Waals surface area contributed by atoms with Crippen LogP contribution in [0.15, 0.2) is 23.5 Å². The summed E-state index contributed by atoms with van der Waals surface area (Å²) in [6.07, 6.45) is 1.63. The molecule has 1 aromatic rings. The number of hydrogen-bond donors (Lipinski definition) is 2. The van der Waals surface area contributed by atoms with Crippen LogP contribution in [0.4, 0.5) is 0 Å². The zero-order chi connectivity index (χ0) is 11.3. The topological polar surface area (TPSA) is 79.3 Å². The molecule has 0 bridgehead atoms. The molecule has 1 rings (SSSR count). The normalized spacial score (nSPS) is 11.7. The highest BCUT2D eigenvalue weighted by molar-refractivity contribution is 7.07. The van der Waals surface area contributed by atoms with Crippen molar-refractivity contribution in [3.63, 3.8) is 0 Å². The molecule has 5 nitrogen and oxygen atoms in total. The minimum Gasteiger partial charge on any atom is -0.480 e. The lowest BCUT2D eigenvalue weighted by atomic mass is 10.2. The van der Waals surface area contributed by atoms with Gasteiger partial charge in [0.15, 0.2) is 0 Å². The number of thiazole rings is 1. The zero-order valence-electron chi connectivity index (χ0n) is 7.84. The first-order valence-electron chi connectivity index (χ1n) is 4.18. The molecule has 80 valence electrons. The van der Waals surface area contributed by atoms with Crippen molar-refractivity contribution >= 4 is 23.2 Å². The van der Waals surface area contributed by atoms with Crippen LogP contribution in [0.1, 0.15) is 16.9 Å². The quantitative estimate of drug-likeness (QED) is 0.731. The molecule has 0 aliphatic carbocycles. The maximum atomic E-state index is 11.4. The highest BCUT2D eigenvalue weighted by Crippen LogP contribution is 2.02. The SMILES string of the molecule is C=CCC(NC(=O)c1cscn1)C(=O)O. The number of aromatic nitrogens is 1. The summed E-state index contributed by atoms with van der Waals surface area (Å²) >= 11 is 1.28. The Kier molecular flexibility index (Phi) is 3.99. The van der Waals surface area contributed by atoms with Gasteiger partial charge in [-0.2, -0.15) is 0 Å². The van der Waals surface area contributed by atoms with E-state index in [1.54, 1.807) is 5.38 Å². The molecular weight excluding hydrogens is 216 g/mol. The smallest absolute Gasteiger partial charge is 0.326 e. The fourth-order valence-corrected chi connectivity index (χ4v) is 1.48. The third-order valence-electron chi connectivity index (χ3n) is 1.67. The Morgan fingerprint density at radius 2 is 2.47 bits per heavy atom. The predicted molar refractivity (Wildman–Crippen MR) is 55.8 cm³/mol. The van der Waals surface area contributed by atoms with Crippen molar-refractivity contribution in [3.05, 3.63) is 29.2 Å². The molecule has 1 aromatic heterocycles. The summed E-state index contributed by atoms with van der Waals surface area (Å²) in [7, 11) is 0. The lowest BCUT2D eigenvalue weighted by molar-refractivity contribution is -0.139. The number of carbonyl (C=O) groups is 2. The first kappa shape index (κ1) is 11.4. The largest absolute Gasteiger partial charge is 0.480 e. The summed E-state index contributed by atoms with van der Waals surface area (Å²) in [5.74, 6) is -1.57. The molecular formula is C9H10N2O3S. The summed E-state index contributed by atoms with van der Waals surface area (Å²) < 4.78 is 0. The highest BCUT2D eigenvalue weighted by atomic mass is 32.1. The van der Waals surface area contributed by atoms with E-state index in [1.807, 2.05) is 0 Å². The van der Waals surface area contributed by atoms with E-state index >= 15 is 0 Å². The van der Waals surface area contributed by atoms with E-state index in [1.165, 1.54) is 22.9 Å². The van der Waals surface area contributed by atoms with E-state index in [4.69, 9.17) is 5.11 Å². The van der Waals surface area contributed by atoms with E-state index < -0.39 is 17.9 Å². The molecule has 1 unspecified atom stereocenters. The zero-order valence-corrected chi connectivity index (χ0v) is 8.66. The molecule has 1 atom stereocenters. The minimum atomic E-state index is -1.08. The first-order valence-corrected chi connectivity index (χ1v) is 5.12. The molecule has 0 saturated carbocycles. The second-order valence-corrected chi connectivity index (χ2v) is 3.48. The standard InChI is InChI=1S/C9H10N2O3S/c1-2-3-6(9(13)14)11-8(12)7-4-15-5-10-7/h2,4-6H,1,3H2,(H,11,12)(H,13,14). The molecule has 1 amide bonds. The van der Waals surface area contributed by atoms with Crippen molar-refractivity contribution in [1.29, 1.82) is 0 Å². The van der Waals surface area contributed by atoms with Gasteiger partial charge >= 0.3 is 5.97 Å². The summed E-state index contributed by atoms with van der Waals surface area (Å²) in [6.45, 7) is 3.42. The van der Waals surface area contributed by atoms with E-state index in [9.17, 15) is 9.59 Å². The van der Waals surface area contributed by atoms with Gasteiger partial charge in [0.1, 0.15) is 11.7 Å². The summed E-state index contributed by atoms with van der Waals surface area (Å²) in [5, 5.41) is 12.7. The Balaban J connectivity index is 2.62. The van der Waals surface area contributed by atoms with Crippen LogP contribution in [0.2, 0.25) is 0 Å². The van der Waals surface area contributed by atoms with Gasteiger partial charge in [-0.05, 0) is 6.42 Å². The molecule has 2 N–H and O–H groups in total. The van der Waals surface area contributed by atoms with Crippen LogP contribution in [0, 0.1) is 0 Å². The number of hydrogen-bond acceptors (Lipinski definition) is 4. The van der Waals surface area contributed by atoms with Crippen LogP contribution in [-0.4, -0.2) is 28.0 Å². The molecule has 6 heteroatoms. The number of aliphatic carboxylic acids is 1. The van der Waals surface area contributed by atoms with Gasteiger partial charge in [-0.25, -0.2) is 9.78 Å². The third kappa shape index (κ3) is 3.17. The molecule has 0 fully saturated rings. The van der Waals surface area contributed by atoms with Gasteiger partial charge in [0.25, 0.3) is 5.91 Å². The average Bonchev–Trinajstić information content (AvgIpc) is 2.69. The lowest BCUT2D eigenvalue weighted by Gasteiger charge is -2.10. The van der Waals surface area contributed by atoms with Crippen LogP contribution >= 0.6 is 11.3 Å². The third-order valence-corrected chi connectivity index (χ3v) is 2.26. The van der Waals surface area contributed by atoms with Crippen LogP contribution < -0.4 is 5.32 Å². The Labute approximate surface area is 90.5 Å². The van der Waals surface area contributed by atoms with Crippen molar-refractivity contribution in [2.75, 3.05) is 0 Å². The molecule has 0 aliphatic rings. The molecule has 0 saturated heterocycles. The molecule has 0 aliphatic heterocycles. The molecule has 0 spiro atoms. The van der Waals surface area contributed by atoms with Crippen molar-refractivity contribution in [3.8, 4) is 0 Å². The van der Waals surface area contributed by atoms with Crippen LogP contribution in [0.25, 0.3) is 0 Å². The summed E-state index contributed by atoms with van der Waals surface area (Å²) in [5.41, 5.74) is 1.74. The van der Waals surface area contributed by atoms with Gasteiger partial charge in [0, 0.05) is 5.38 Å². The fourth-order valence-electron chi connectivity index (χ4n) is 0.945. The first-order chi connectivity index (χ1) is 7.15. The Hall–Kier alpha value is -1.69. The number of carbonyl (C=O) groups excluding carboxylic acids is 1. The van der Waals surface area contributed by atoms with Crippen LogP contribution in [-0.2, 0) is 4.79 Å². The maximum absolute atomic E-state index is 11.4. The molecule has 0 aromatic carbocycles. The highest BCUT2D eigenvalue weighted by Gasteiger charge is 2.19.